The molecule has 0 atom stereocenters. The molecule has 0 saturated heterocycles. The molecule has 26 heavy (non-hydrogen) atoms. The average molecular weight is 389 g/mol. The van der Waals surface area contributed by atoms with E-state index in [0.717, 1.165) is 11.3 Å². The van der Waals surface area contributed by atoms with Crippen molar-refractivity contribution in [2.24, 2.45) is 0 Å². The molecule has 136 valence electrons. The molecule has 7 nitrogen and oxygen atoms in total. The first-order chi connectivity index (χ1) is 12.6. The fourth-order valence-electron chi connectivity index (χ4n) is 2.24. The lowest BCUT2D eigenvalue weighted by Gasteiger charge is -2.12. The Hall–Kier alpha value is -2.39. The highest BCUT2D eigenvalue weighted by molar-refractivity contribution is 7.99. The number of thiophene rings is 1. The van der Waals surface area contributed by atoms with Crippen LogP contribution in [0.5, 0.6) is 0 Å². The number of anilines is 1. The van der Waals surface area contributed by atoms with E-state index >= 15 is 0 Å². The summed E-state index contributed by atoms with van der Waals surface area (Å²) in [6.07, 6.45) is 0. The molecule has 0 aliphatic carbocycles. The zero-order chi connectivity index (χ0) is 18.4. The standard InChI is InChI=1S/C17H20N6OS2/c1-22(2)14-7-5-13(6-8-14)10-18-16(24)12-26-17-19-20-21-23(17)11-15-4-3-9-25-15/h3-9H,10-12H2,1-2H3,(H,18,24). The number of carbonyl (C=O) groups excluding carboxylic acids is 1. The molecular formula is C17H20N6OS2. The minimum Gasteiger partial charge on any atom is -0.378 e. The van der Waals surface area contributed by atoms with Gasteiger partial charge in [-0.1, -0.05) is 30.0 Å². The average Bonchev–Trinajstić information content (AvgIpc) is 3.31. The minimum absolute atomic E-state index is 0.0441. The molecule has 0 unspecified atom stereocenters. The third-order valence-electron chi connectivity index (χ3n) is 3.66. The molecule has 9 heteroatoms. The number of hydrogen-bond donors (Lipinski definition) is 1. The molecule has 0 fully saturated rings. The number of rotatable bonds is 8. The predicted molar refractivity (Wildman–Crippen MR) is 105 cm³/mol. The van der Waals surface area contributed by atoms with Crippen molar-refractivity contribution in [3.05, 3.63) is 52.2 Å². The summed E-state index contributed by atoms with van der Waals surface area (Å²) in [6, 6.07) is 12.1. The molecule has 2 aromatic heterocycles. The van der Waals surface area contributed by atoms with Crippen LogP contribution in [0.2, 0.25) is 0 Å². The summed E-state index contributed by atoms with van der Waals surface area (Å²) in [5.74, 6) is 0.234. The quantitative estimate of drug-likeness (QED) is 0.597. The van der Waals surface area contributed by atoms with E-state index in [4.69, 9.17) is 0 Å². The van der Waals surface area contributed by atoms with Crippen molar-refractivity contribution in [2.45, 2.75) is 18.2 Å². The molecule has 0 bridgehead atoms. The van der Waals surface area contributed by atoms with Crippen LogP contribution < -0.4 is 10.2 Å². The summed E-state index contributed by atoms with van der Waals surface area (Å²) in [6.45, 7) is 1.13. The molecule has 3 aromatic rings. The number of tetrazole rings is 1. The maximum atomic E-state index is 12.1. The highest BCUT2D eigenvalue weighted by Crippen LogP contribution is 2.17. The Labute approximate surface area is 160 Å². The summed E-state index contributed by atoms with van der Waals surface area (Å²) in [5, 5.41) is 17.3. The minimum atomic E-state index is -0.0441. The molecular weight excluding hydrogens is 368 g/mol. The summed E-state index contributed by atoms with van der Waals surface area (Å²) in [4.78, 5) is 15.3. The second-order valence-electron chi connectivity index (χ2n) is 5.82. The first-order valence-corrected chi connectivity index (χ1v) is 9.92. The molecule has 0 aliphatic rings. The number of carbonyl (C=O) groups is 1. The van der Waals surface area contributed by atoms with Gasteiger partial charge in [0.05, 0.1) is 12.3 Å². The first kappa shape index (κ1) is 18.4. The number of nitrogens with zero attached hydrogens (tertiary/aromatic N) is 5. The molecule has 1 N–H and O–H groups in total. The molecule has 2 heterocycles. The van der Waals surface area contributed by atoms with Crippen LogP contribution in [0, 0.1) is 0 Å². The first-order valence-electron chi connectivity index (χ1n) is 8.06. The van der Waals surface area contributed by atoms with E-state index in [1.54, 1.807) is 16.0 Å². The van der Waals surface area contributed by atoms with Crippen molar-refractivity contribution >= 4 is 34.7 Å². The van der Waals surface area contributed by atoms with Gasteiger partial charge in [-0.25, -0.2) is 4.68 Å². The van der Waals surface area contributed by atoms with Crippen LogP contribution in [-0.4, -0.2) is 46.0 Å². The van der Waals surface area contributed by atoms with E-state index in [1.165, 1.54) is 16.6 Å². The van der Waals surface area contributed by atoms with E-state index < -0.39 is 0 Å². The third kappa shape index (κ3) is 5.06. The van der Waals surface area contributed by atoms with Crippen molar-refractivity contribution in [3.8, 4) is 0 Å². The molecule has 3 rings (SSSR count). The number of nitrogens with one attached hydrogen (secondary N) is 1. The molecule has 0 aliphatic heterocycles. The summed E-state index contributed by atoms with van der Waals surface area (Å²) < 4.78 is 1.71. The van der Waals surface area contributed by atoms with Crippen molar-refractivity contribution in [3.63, 3.8) is 0 Å². The summed E-state index contributed by atoms with van der Waals surface area (Å²) >= 11 is 2.99. The van der Waals surface area contributed by atoms with Gasteiger partial charge in [0.15, 0.2) is 0 Å². The molecule has 0 radical (unpaired) electrons. The van der Waals surface area contributed by atoms with Gasteiger partial charge in [0.25, 0.3) is 0 Å². The van der Waals surface area contributed by atoms with Crippen LogP contribution in [0.25, 0.3) is 0 Å². The van der Waals surface area contributed by atoms with Crippen molar-refractivity contribution < 1.29 is 4.79 Å². The number of benzene rings is 1. The fraction of sp³-hybridized carbons (Fsp3) is 0.294. The lowest BCUT2D eigenvalue weighted by Crippen LogP contribution is -2.24. The van der Waals surface area contributed by atoms with Crippen molar-refractivity contribution in [1.29, 1.82) is 0 Å². The summed E-state index contributed by atoms with van der Waals surface area (Å²) in [5.41, 5.74) is 2.20. The Morgan fingerprint density at radius 1 is 1.27 bits per heavy atom. The molecule has 1 aromatic carbocycles. The van der Waals surface area contributed by atoms with Crippen LogP contribution in [0.4, 0.5) is 5.69 Å². The smallest absolute Gasteiger partial charge is 0.230 e. The number of hydrogen-bond acceptors (Lipinski definition) is 7. The van der Waals surface area contributed by atoms with E-state index in [0.29, 0.717) is 18.2 Å². The maximum absolute atomic E-state index is 12.1. The van der Waals surface area contributed by atoms with Gasteiger partial charge in [-0.2, -0.15) is 0 Å². The van der Waals surface area contributed by atoms with Gasteiger partial charge in [-0.15, -0.1) is 16.4 Å². The molecule has 0 saturated carbocycles. The van der Waals surface area contributed by atoms with Crippen LogP contribution in [0.1, 0.15) is 10.4 Å². The van der Waals surface area contributed by atoms with E-state index in [9.17, 15) is 4.79 Å². The van der Waals surface area contributed by atoms with Gasteiger partial charge >= 0.3 is 0 Å². The zero-order valence-corrected chi connectivity index (χ0v) is 16.3. The number of amides is 1. The van der Waals surface area contributed by atoms with Crippen LogP contribution >= 0.6 is 23.1 Å². The fourth-order valence-corrected chi connectivity index (χ4v) is 3.64. The molecule has 0 spiro atoms. The Morgan fingerprint density at radius 3 is 2.77 bits per heavy atom. The Bertz CT molecular complexity index is 829. The van der Waals surface area contributed by atoms with Gasteiger partial charge in [0, 0.05) is 31.2 Å². The lowest BCUT2D eigenvalue weighted by molar-refractivity contribution is -0.118. The normalized spacial score (nSPS) is 10.7. The largest absolute Gasteiger partial charge is 0.378 e. The van der Waals surface area contributed by atoms with E-state index in [2.05, 4.69) is 20.8 Å². The summed E-state index contributed by atoms with van der Waals surface area (Å²) in [7, 11) is 4.00. The predicted octanol–water partition coefficient (Wildman–Crippen LogP) is 2.26. The van der Waals surface area contributed by atoms with Crippen molar-refractivity contribution in [1.82, 2.24) is 25.5 Å². The topological polar surface area (TPSA) is 75.9 Å². The van der Waals surface area contributed by atoms with Crippen LogP contribution in [0.15, 0.2) is 46.9 Å². The highest BCUT2D eigenvalue weighted by atomic mass is 32.2. The Morgan fingerprint density at radius 2 is 2.08 bits per heavy atom. The maximum Gasteiger partial charge on any atom is 0.230 e. The third-order valence-corrected chi connectivity index (χ3v) is 5.48. The lowest BCUT2D eigenvalue weighted by atomic mass is 10.2. The van der Waals surface area contributed by atoms with Crippen molar-refractivity contribution in [2.75, 3.05) is 24.7 Å². The van der Waals surface area contributed by atoms with Crippen LogP contribution in [-0.2, 0) is 17.9 Å². The van der Waals surface area contributed by atoms with Gasteiger partial charge in [0.2, 0.25) is 11.1 Å². The number of aromatic nitrogens is 4. The second kappa shape index (κ2) is 8.81. The van der Waals surface area contributed by atoms with Gasteiger partial charge in [-0.3, -0.25) is 4.79 Å². The van der Waals surface area contributed by atoms with Gasteiger partial charge in [-0.05, 0) is 39.6 Å². The van der Waals surface area contributed by atoms with Gasteiger partial charge < -0.3 is 10.2 Å². The SMILES string of the molecule is CN(C)c1ccc(CNC(=O)CSc2nnnn2Cc2cccs2)cc1. The Kier molecular flexibility index (Phi) is 6.24. The van der Waals surface area contributed by atoms with E-state index in [-0.39, 0.29) is 11.7 Å². The number of thioether (sulfide) groups is 1. The highest BCUT2D eigenvalue weighted by Gasteiger charge is 2.11. The monoisotopic (exact) mass is 388 g/mol. The molecule has 1 amide bonds. The Balaban J connectivity index is 1.46. The van der Waals surface area contributed by atoms with Crippen LogP contribution in [0.3, 0.4) is 0 Å². The van der Waals surface area contributed by atoms with Gasteiger partial charge in [0.1, 0.15) is 0 Å². The van der Waals surface area contributed by atoms with E-state index in [1.807, 2.05) is 60.8 Å². The second-order valence-corrected chi connectivity index (χ2v) is 7.80. The zero-order valence-electron chi connectivity index (χ0n) is 14.6.